The van der Waals surface area contributed by atoms with Gasteiger partial charge in [0.1, 0.15) is 11.6 Å². The number of ether oxygens (including phenoxy) is 1. The molecule has 3 heterocycles. The number of nitrogens with one attached hydrogen (secondary N) is 2. The first-order valence-corrected chi connectivity index (χ1v) is 11.7. The highest BCUT2D eigenvalue weighted by atomic mass is 35.5. The topological polar surface area (TPSA) is 118 Å². The molecule has 10 nitrogen and oxygen atoms in total. The maximum absolute atomic E-state index is 13.0. The van der Waals surface area contributed by atoms with Gasteiger partial charge in [0.25, 0.3) is 5.56 Å². The number of amides is 2. The average molecular weight is 494 g/mol. The summed E-state index contributed by atoms with van der Waals surface area (Å²) < 4.78 is 6.90. The van der Waals surface area contributed by atoms with Crippen molar-refractivity contribution in [2.24, 2.45) is 0 Å². The first kappa shape index (κ1) is 22.9. The second-order valence-electron chi connectivity index (χ2n) is 8.38. The maximum atomic E-state index is 13.0. The Morgan fingerprint density at radius 2 is 2.03 bits per heavy atom. The van der Waals surface area contributed by atoms with Crippen LogP contribution in [0.5, 0.6) is 5.75 Å². The summed E-state index contributed by atoms with van der Waals surface area (Å²) in [6.45, 7) is 1.36. The molecule has 0 radical (unpaired) electrons. The van der Waals surface area contributed by atoms with Crippen LogP contribution < -0.4 is 15.6 Å². The number of nitrogens with zero attached hydrogens (tertiary/aromatic N) is 5. The number of para-hydroxylation sites is 2. The number of benzene rings is 2. The number of aromatic amines is 1. The van der Waals surface area contributed by atoms with Crippen molar-refractivity contribution in [2.45, 2.75) is 25.3 Å². The fourth-order valence-electron chi connectivity index (χ4n) is 4.30. The number of aromatic nitrogens is 5. The molecule has 1 aliphatic rings. The SMILES string of the molecule is COc1ccccc1NC(=O)N1CCCC(c2nc3c(nnn3Cc3ccccc3Cl)c(=O)[nH]2)C1. The van der Waals surface area contributed by atoms with E-state index in [9.17, 15) is 9.59 Å². The largest absolute Gasteiger partial charge is 0.495 e. The molecule has 2 N–H and O–H groups in total. The van der Waals surface area contributed by atoms with E-state index in [-0.39, 0.29) is 23.0 Å². The fraction of sp³-hybridized carbons (Fsp3) is 0.292. The van der Waals surface area contributed by atoms with Crippen LogP contribution in [0.25, 0.3) is 11.2 Å². The van der Waals surface area contributed by atoms with Gasteiger partial charge in [-0.25, -0.2) is 14.5 Å². The standard InChI is InChI=1S/C24H24ClN7O3/c1-35-19-11-5-4-10-18(19)26-24(34)31-12-6-8-16(13-31)21-27-22-20(23(33)28-21)29-30-32(22)14-15-7-2-3-9-17(15)25/h2-5,7,9-11,16H,6,8,12-14H2,1H3,(H,26,34)(H,27,28,33). The molecule has 0 spiro atoms. The minimum Gasteiger partial charge on any atom is -0.495 e. The number of carbonyl (C=O) groups excluding carboxylic acids is 1. The quantitative estimate of drug-likeness (QED) is 0.438. The predicted molar refractivity (Wildman–Crippen MR) is 132 cm³/mol. The van der Waals surface area contributed by atoms with Gasteiger partial charge >= 0.3 is 6.03 Å². The van der Waals surface area contributed by atoms with Gasteiger partial charge in [0.05, 0.1) is 19.3 Å². The van der Waals surface area contributed by atoms with Gasteiger partial charge < -0.3 is 19.9 Å². The fourth-order valence-corrected chi connectivity index (χ4v) is 4.49. The number of methoxy groups -OCH3 is 1. The number of carbonyl (C=O) groups is 1. The molecule has 0 saturated carbocycles. The van der Waals surface area contributed by atoms with E-state index in [0.717, 1.165) is 18.4 Å². The molecule has 0 aliphatic carbocycles. The van der Waals surface area contributed by atoms with Crippen LogP contribution in [0.3, 0.4) is 0 Å². The van der Waals surface area contributed by atoms with Crippen molar-refractivity contribution in [1.82, 2.24) is 29.9 Å². The van der Waals surface area contributed by atoms with Crippen molar-refractivity contribution in [3.05, 3.63) is 75.3 Å². The lowest BCUT2D eigenvalue weighted by Gasteiger charge is -2.32. The molecule has 1 saturated heterocycles. The van der Waals surface area contributed by atoms with Crippen molar-refractivity contribution in [3.63, 3.8) is 0 Å². The van der Waals surface area contributed by atoms with E-state index in [1.54, 1.807) is 34.9 Å². The van der Waals surface area contributed by atoms with Gasteiger partial charge in [-0.3, -0.25) is 4.79 Å². The highest BCUT2D eigenvalue weighted by Gasteiger charge is 2.28. The van der Waals surface area contributed by atoms with Crippen LogP contribution in [-0.2, 0) is 6.54 Å². The Balaban J connectivity index is 1.38. The molecule has 11 heteroatoms. The van der Waals surface area contributed by atoms with Crippen LogP contribution in [0.4, 0.5) is 10.5 Å². The van der Waals surface area contributed by atoms with Crippen LogP contribution in [0.1, 0.15) is 30.1 Å². The van der Waals surface area contributed by atoms with E-state index in [1.165, 1.54) is 0 Å². The van der Waals surface area contributed by atoms with Gasteiger partial charge in [-0.15, -0.1) is 5.10 Å². The zero-order chi connectivity index (χ0) is 24.4. The van der Waals surface area contributed by atoms with E-state index >= 15 is 0 Å². The molecule has 180 valence electrons. The van der Waals surface area contributed by atoms with E-state index in [2.05, 4.69) is 20.6 Å². The Kier molecular flexibility index (Phi) is 6.37. The van der Waals surface area contributed by atoms with E-state index < -0.39 is 0 Å². The highest BCUT2D eigenvalue weighted by Crippen LogP contribution is 2.27. The number of rotatable bonds is 5. The number of anilines is 1. The monoisotopic (exact) mass is 493 g/mol. The zero-order valence-electron chi connectivity index (χ0n) is 19.1. The van der Waals surface area contributed by atoms with Crippen molar-refractivity contribution >= 4 is 34.5 Å². The number of hydrogen-bond donors (Lipinski definition) is 2. The number of urea groups is 1. The molecule has 1 fully saturated rings. The van der Waals surface area contributed by atoms with Crippen LogP contribution in [0, 0.1) is 0 Å². The van der Waals surface area contributed by atoms with Crippen molar-refractivity contribution < 1.29 is 9.53 Å². The highest BCUT2D eigenvalue weighted by molar-refractivity contribution is 6.31. The van der Waals surface area contributed by atoms with Crippen molar-refractivity contribution in [3.8, 4) is 5.75 Å². The first-order valence-electron chi connectivity index (χ1n) is 11.3. The number of halogens is 1. The van der Waals surface area contributed by atoms with Gasteiger partial charge in [-0.2, -0.15) is 0 Å². The first-order chi connectivity index (χ1) is 17.0. The van der Waals surface area contributed by atoms with Crippen LogP contribution >= 0.6 is 11.6 Å². The molecule has 0 bridgehead atoms. The third-order valence-corrected chi connectivity index (χ3v) is 6.48. The molecular formula is C24H24ClN7O3. The maximum Gasteiger partial charge on any atom is 0.321 e. The molecule has 1 aliphatic heterocycles. The summed E-state index contributed by atoms with van der Waals surface area (Å²) in [4.78, 5) is 35.0. The predicted octanol–water partition coefficient (Wildman–Crippen LogP) is 3.64. The van der Waals surface area contributed by atoms with Gasteiger partial charge in [-0.05, 0) is 36.6 Å². The number of fused-ring (bicyclic) bond motifs is 1. The minimum atomic E-state index is -0.356. The molecule has 35 heavy (non-hydrogen) atoms. The molecule has 2 aromatic carbocycles. The van der Waals surface area contributed by atoms with Crippen LogP contribution in [0.2, 0.25) is 5.02 Å². The van der Waals surface area contributed by atoms with Crippen LogP contribution in [0.15, 0.2) is 53.3 Å². The summed E-state index contributed by atoms with van der Waals surface area (Å²) in [6, 6.07) is 14.5. The van der Waals surface area contributed by atoms with Crippen LogP contribution in [-0.4, -0.2) is 56.1 Å². The van der Waals surface area contributed by atoms with Gasteiger partial charge in [0.15, 0.2) is 11.2 Å². The smallest absolute Gasteiger partial charge is 0.321 e. The normalized spacial score (nSPS) is 15.8. The third-order valence-electron chi connectivity index (χ3n) is 6.11. The van der Waals surface area contributed by atoms with Crippen molar-refractivity contribution in [2.75, 3.05) is 25.5 Å². The molecule has 2 aromatic heterocycles. The van der Waals surface area contributed by atoms with E-state index in [0.29, 0.717) is 47.6 Å². The second-order valence-corrected chi connectivity index (χ2v) is 8.78. The molecule has 1 atom stereocenters. The van der Waals surface area contributed by atoms with Crippen molar-refractivity contribution in [1.29, 1.82) is 0 Å². The Morgan fingerprint density at radius 3 is 2.86 bits per heavy atom. The number of likely N-dealkylation sites (tertiary alicyclic amines) is 1. The zero-order valence-corrected chi connectivity index (χ0v) is 19.8. The van der Waals surface area contributed by atoms with Gasteiger partial charge in [-0.1, -0.05) is 47.1 Å². The Hall–Kier alpha value is -3.92. The Morgan fingerprint density at radius 1 is 1.23 bits per heavy atom. The number of piperidine rings is 1. The summed E-state index contributed by atoms with van der Waals surface area (Å²) in [6.07, 6.45) is 1.57. The molecule has 1 unspecified atom stereocenters. The second kappa shape index (κ2) is 9.75. The van der Waals surface area contributed by atoms with Gasteiger partial charge in [0.2, 0.25) is 0 Å². The van der Waals surface area contributed by atoms with E-state index in [1.807, 2.05) is 30.3 Å². The molecule has 2 amide bonds. The van der Waals surface area contributed by atoms with E-state index in [4.69, 9.17) is 21.3 Å². The summed E-state index contributed by atoms with van der Waals surface area (Å²) in [5.74, 6) is 0.970. The summed E-state index contributed by atoms with van der Waals surface area (Å²) >= 11 is 6.30. The lowest BCUT2D eigenvalue weighted by atomic mass is 9.97. The van der Waals surface area contributed by atoms with Gasteiger partial charge in [0, 0.05) is 24.0 Å². The lowest BCUT2D eigenvalue weighted by molar-refractivity contribution is 0.191. The Bertz CT molecular complexity index is 1430. The average Bonchev–Trinajstić information content (AvgIpc) is 3.29. The minimum absolute atomic E-state index is 0.132. The molecular weight excluding hydrogens is 470 g/mol. The number of H-pyrrole nitrogens is 1. The Labute approximate surface area is 205 Å². The lowest BCUT2D eigenvalue weighted by Crippen LogP contribution is -2.42. The summed E-state index contributed by atoms with van der Waals surface area (Å²) in [5, 5.41) is 11.7. The number of hydrogen-bond acceptors (Lipinski definition) is 6. The third kappa shape index (κ3) is 4.69. The molecule has 4 aromatic rings. The summed E-state index contributed by atoms with van der Waals surface area (Å²) in [7, 11) is 1.56. The summed E-state index contributed by atoms with van der Waals surface area (Å²) in [5.41, 5.74) is 1.65. The molecule has 5 rings (SSSR count).